The number of aliphatic carboxylic acids is 1. The third-order valence-electron chi connectivity index (χ3n) is 7.63. The van der Waals surface area contributed by atoms with Crippen molar-refractivity contribution in [1.29, 1.82) is 0 Å². The van der Waals surface area contributed by atoms with E-state index in [1.165, 1.54) is 6.42 Å². The van der Waals surface area contributed by atoms with Gasteiger partial charge in [-0.2, -0.15) is 0 Å². The summed E-state index contributed by atoms with van der Waals surface area (Å²) < 4.78 is 31.3. The summed E-state index contributed by atoms with van der Waals surface area (Å²) in [4.78, 5) is 29.1. The molecule has 1 heterocycles. The summed E-state index contributed by atoms with van der Waals surface area (Å²) in [6.07, 6.45) is 6.51. The fraction of sp³-hybridized carbons (Fsp3) is 0.655. The fourth-order valence-corrected chi connectivity index (χ4v) is 7.35. The summed E-state index contributed by atoms with van der Waals surface area (Å²) in [5.41, 5.74) is 0.211. The number of nitrogens with one attached hydrogen (secondary N) is 2. The van der Waals surface area contributed by atoms with Crippen LogP contribution in [0.4, 0.5) is 0 Å². The van der Waals surface area contributed by atoms with Crippen LogP contribution in [0.2, 0.25) is 0 Å². The van der Waals surface area contributed by atoms with Crippen molar-refractivity contribution in [3.63, 3.8) is 0 Å². The van der Waals surface area contributed by atoms with E-state index in [1.807, 2.05) is 26.8 Å². The lowest BCUT2D eigenvalue weighted by molar-refractivity contribution is -0.145. The van der Waals surface area contributed by atoms with Gasteiger partial charge in [-0.15, -0.1) is 5.10 Å². The summed E-state index contributed by atoms with van der Waals surface area (Å²) in [7, 11) is -3.79. The molecule has 0 atom stereocenters. The molecule has 1 aromatic heterocycles. The maximum Gasteiger partial charge on any atom is 0.306 e. The molecule has 2 fully saturated rings. The molecule has 1 aromatic carbocycles. The van der Waals surface area contributed by atoms with Gasteiger partial charge in [0.25, 0.3) is 5.91 Å². The van der Waals surface area contributed by atoms with E-state index in [4.69, 9.17) is 5.11 Å². The van der Waals surface area contributed by atoms with Gasteiger partial charge in [-0.25, -0.2) is 22.8 Å². The Bertz CT molecular complexity index is 1360. The molecule has 0 spiro atoms. The Morgan fingerprint density at radius 2 is 1.70 bits per heavy atom. The van der Waals surface area contributed by atoms with Crippen LogP contribution in [0, 0.1) is 11.8 Å². The average Bonchev–Trinajstić information content (AvgIpc) is 3.22. The van der Waals surface area contributed by atoms with Crippen LogP contribution in [-0.2, 0) is 26.8 Å². The van der Waals surface area contributed by atoms with Crippen LogP contribution < -0.4 is 10.0 Å². The third-order valence-corrected chi connectivity index (χ3v) is 9.45. The highest BCUT2D eigenvalue weighted by Gasteiger charge is 2.36. The smallest absolute Gasteiger partial charge is 0.306 e. The first kappa shape index (κ1) is 30.2. The molecule has 40 heavy (non-hydrogen) atoms. The molecule has 4 rings (SSSR count). The standard InChI is InChI=1S/C29H43N5O5S/c1-28(2,3)22-16-19(12-13-23(22)40(38,39)33-29(4,5)6)25-31-24(26(35)30-21-14-20(15-21)27(36)37)32-34(25)17-18-10-8-7-9-11-18/h12-13,16,18,20-21,33H,7-11,14-15,17H2,1-6H3,(H,30,35)(H,36,37). The van der Waals surface area contributed by atoms with Gasteiger partial charge in [-0.1, -0.05) is 40.0 Å². The first-order valence-electron chi connectivity index (χ1n) is 14.2. The number of carbonyl (C=O) groups excluding carboxylic acids is 1. The zero-order valence-electron chi connectivity index (χ0n) is 24.5. The molecule has 3 N–H and O–H groups in total. The molecular formula is C29H43N5O5S. The van der Waals surface area contributed by atoms with Gasteiger partial charge in [0.15, 0.2) is 5.82 Å². The lowest BCUT2D eigenvalue weighted by Gasteiger charge is -2.32. The number of carboxylic acids is 1. The SMILES string of the molecule is CC(C)(C)NS(=O)(=O)c1ccc(-c2nc(C(=O)NC3CC(C(=O)O)C3)nn2CC2CCCCC2)cc1C(C)(C)C. The van der Waals surface area contributed by atoms with Crippen LogP contribution >= 0.6 is 0 Å². The third kappa shape index (κ3) is 7.09. The normalized spacial score (nSPS) is 20.6. The number of nitrogens with zero attached hydrogens (tertiary/aromatic N) is 3. The van der Waals surface area contributed by atoms with Crippen molar-refractivity contribution >= 4 is 21.9 Å². The minimum Gasteiger partial charge on any atom is -0.481 e. The zero-order valence-corrected chi connectivity index (χ0v) is 25.3. The maximum atomic E-state index is 13.4. The number of hydrogen-bond acceptors (Lipinski definition) is 6. The topological polar surface area (TPSA) is 143 Å². The highest BCUT2D eigenvalue weighted by atomic mass is 32.2. The van der Waals surface area contributed by atoms with Gasteiger partial charge in [-0.05, 0) is 81.5 Å². The Morgan fingerprint density at radius 3 is 2.27 bits per heavy atom. The lowest BCUT2D eigenvalue weighted by Crippen LogP contribution is -2.47. The Hall–Kier alpha value is -2.79. The van der Waals surface area contributed by atoms with Crippen LogP contribution in [0.3, 0.4) is 0 Å². The Morgan fingerprint density at radius 1 is 1.05 bits per heavy atom. The minimum absolute atomic E-state index is 0.0352. The number of carbonyl (C=O) groups is 2. The van der Waals surface area contributed by atoms with E-state index in [0.717, 1.165) is 25.7 Å². The summed E-state index contributed by atoms with van der Waals surface area (Å²) in [6, 6.07) is 4.99. The second kappa shape index (κ2) is 11.2. The van der Waals surface area contributed by atoms with Crippen molar-refractivity contribution in [2.45, 2.75) is 115 Å². The van der Waals surface area contributed by atoms with Gasteiger partial charge in [0.1, 0.15) is 0 Å². The van der Waals surface area contributed by atoms with E-state index in [-0.39, 0.29) is 16.8 Å². The number of carboxylic acid groups (broad SMARTS) is 1. The monoisotopic (exact) mass is 573 g/mol. The van der Waals surface area contributed by atoms with Crippen molar-refractivity contribution in [2.24, 2.45) is 11.8 Å². The van der Waals surface area contributed by atoms with Crippen LogP contribution in [0.15, 0.2) is 23.1 Å². The van der Waals surface area contributed by atoms with Gasteiger partial charge < -0.3 is 10.4 Å². The molecule has 0 aliphatic heterocycles. The molecule has 220 valence electrons. The summed E-state index contributed by atoms with van der Waals surface area (Å²) in [6.45, 7) is 11.9. The largest absolute Gasteiger partial charge is 0.481 e. The molecule has 2 aliphatic rings. The van der Waals surface area contributed by atoms with Crippen molar-refractivity contribution in [3.8, 4) is 11.4 Å². The number of benzene rings is 1. The molecule has 0 saturated heterocycles. The molecule has 2 aliphatic carbocycles. The Kier molecular flexibility index (Phi) is 8.48. The molecule has 2 saturated carbocycles. The molecule has 0 bridgehead atoms. The van der Waals surface area contributed by atoms with Crippen molar-refractivity contribution < 1.29 is 23.1 Å². The van der Waals surface area contributed by atoms with Gasteiger partial charge in [0.2, 0.25) is 15.8 Å². The van der Waals surface area contributed by atoms with Crippen molar-refractivity contribution in [1.82, 2.24) is 24.8 Å². The zero-order chi connectivity index (χ0) is 29.5. The number of rotatable bonds is 8. The molecule has 0 radical (unpaired) electrons. The fourth-order valence-electron chi connectivity index (χ4n) is 5.53. The number of hydrogen-bond donors (Lipinski definition) is 3. The Balaban J connectivity index is 1.71. The maximum absolute atomic E-state index is 13.4. The summed E-state index contributed by atoms with van der Waals surface area (Å²) in [5.74, 6) is -0.733. The predicted molar refractivity (Wildman–Crippen MR) is 152 cm³/mol. The first-order valence-corrected chi connectivity index (χ1v) is 15.7. The number of amides is 1. The van der Waals surface area contributed by atoms with Crippen LogP contribution in [0.25, 0.3) is 11.4 Å². The van der Waals surface area contributed by atoms with Crippen LogP contribution in [-0.4, -0.2) is 51.7 Å². The van der Waals surface area contributed by atoms with Crippen LogP contribution in [0.5, 0.6) is 0 Å². The molecule has 2 aromatic rings. The highest BCUT2D eigenvalue weighted by molar-refractivity contribution is 7.89. The van der Waals surface area contributed by atoms with Gasteiger partial charge >= 0.3 is 5.97 Å². The molecular weight excluding hydrogens is 530 g/mol. The highest BCUT2D eigenvalue weighted by Crippen LogP contribution is 2.34. The van der Waals surface area contributed by atoms with E-state index in [1.54, 1.807) is 37.6 Å². The van der Waals surface area contributed by atoms with Gasteiger partial charge in [0.05, 0.1) is 10.8 Å². The molecule has 10 nitrogen and oxygen atoms in total. The second-order valence-electron chi connectivity index (χ2n) is 13.4. The van der Waals surface area contributed by atoms with Crippen LogP contribution in [0.1, 0.15) is 103 Å². The van der Waals surface area contributed by atoms with Crippen molar-refractivity contribution in [3.05, 3.63) is 29.6 Å². The second-order valence-corrected chi connectivity index (χ2v) is 15.1. The minimum atomic E-state index is -3.79. The average molecular weight is 574 g/mol. The quantitative estimate of drug-likeness (QED) is 0.422. The predicted octanol–water partition coefficient (Wildman–Crippen LogP) is 4.49. The molecule has 0 unspecified atom stereocenters. The molecule has 1 amide bonds. The Labute approximate surface area is 237 Å². The molecule has 11 heteroatoms. The van der Waals surface area contributed by atoms with E-state index < -0.39 is 38.8 Å². The van der Waals surface area contributed by atoms with Crippen molar-refractivity contribution in [2.75, 3.05) is 0 Å². The van der Waals surface area contributed by atoms with E-state index >= 15 is 0 Å². The van der Waals surface area contributed by atoms with E-state index in [0.29, 0.717) is 42.3 Å². The first-order chi connectivity index (χ1) is 18.5. The lowest BCUT2D eigenvalue weighted by atomic mass is 9.80. The van der Waals surface area contributed by atoms with Gasteiger partial charge in [-0.3, -0.25) is 9.59 Å². The van der Waals surface area contributed by atoms with Gasteiger partial charge in [0, 0.05) is 23.7 Å². The van der Waals surface area contributed by atoms with E-state index in [2.05, 4.69) is 20.1 Å². The summed E-state index contributed by atoms with van der Waals surface area (Å²) in [5, 5.41) is 16.6. The number of sulfonamides is 1. The summed E-state index contributed by atoms with van der Waals surface area (Å²) >= 11 is 0. The number of aromatic nitrogens is 3. The van der Waals surface area contributed by atoms with E-state index in [9.17, 15) is 18.0 Å².